The van der Waals surface area contributed by atoms with Crippen molar-refractivity contribution in [1.29, 1.82) is 0 Å². The number of allylic oxidation sites excluding steroid dienone is 2. The molecular formula is C18H18F3N3O2S. The zero-order chi connectivity index (χ0) is 20.4. The summed E-state index contributed by atoms with van der Waals surface area (Å²) >= 11 is 0. The highest BCUT2D eigenvalue weighted by atomic mass is 32.2. The van der Waals surface area contributed by atoms with E-state index in [1.54, 1.807) is 26.0 Å². The quantitative estimate of drug-likeness (QED) is 0.773. The van der Waals surface area contributed by atoms with E-state index in [-0.39, 0.29) is 16.3 Å². The number of nitrogens with zero attached hydrogens (tertiary/aromatic N) is 1. The third-order valence-corrected chi connectivity index (χ3v) is 4.63. The lowest BCUT2D eigenvalue weighted by Crippen LogP contribution is -2.21. The maximum Gasteiger partial charge on any atom is 0.430 e. The van der Waals surface area contributed by atoms with Gasteiger partial charge in [0.05, 0.1) is 16.3 Å². The first kappa shape index (κ1) is 20.7. The van der Waals surface area contributed by atoms with Gasteiger partial charge >= 0.3 is 6.18 Å². The number of hydrogen-bond donors (Lipinski definition) is 2. The van der Waals surface area contributed by atoms with Crippen LogP contribution >= 0.6 is 0 Å². The fraction of sp³-hybridized carbons (Fsp3) is 0.167. The molecule has 0 heterocycles. The molecule has 0 unspecified atom stereocenters. The topological polar surface area (TPSA) is 98.5 Å². The van der Waals surface area contributed by atoms with Crippen molar-refractivity contribution in [1.82, 2.24) is 0 Å². The average Bonchev–Trinajstić information content (AvgIpc) is 2.55. The Morgan fingerprint density at radius 1 is 1.07 bits per heavy atom. The van der Waals surface area contributed by atoms with E-state index in [4.69, 9.17) is 10.9 Å². The molecule has 0 radical (unpaired) electrons. The molecule has 5 nitrogen and oxygen atoms in total. The van der Waals surface area contributed by atoms with Crippen LogP contribution in [0.1, 0.15) is 16.7 Å². The summed E-state index contributed by atoms with van der Waals surface area (Å²) in [5.41, 5.74) is 6.18. The molecule has 144 valence electrons. The Morgan fingerprint density at radius 3 is 2.19 bits per heavy atom. The minimum Gasteiger partial charge on any atom is -0.395 e. The molecule has 0 atom stereocenters. The molecule has 2 aromatic carbocycles. The van der Waals surface area contributed by atoms with Crippen LogP contribution in [0.5, 0.6) is 0 Å². The van der Waals surface area contributed by atoms with Gasteiger partial charge in [0.2, 0.25) is 10.0 Å². The number of benzene rings is 2. The highest BCUT2D eigenvalue weighted by molar-refractivity contribution is 7.89. The second-order valence-corrected chi connectivity index (χ2v) is 7.51. The summed E-state index contributed by atoms with van der Waals surface area (Å²) in [5, 5.41) is 5.03. The molecule has 0 fully saturated rings. The van der Waals surface area contributed by atoms with Crippen molar-refractivity contribution in [3.8, 4) is 0 Å². The summed E-state index contributed by atoms with van der Waals surface area (Å²) in [5.74, 6) is 0. The molecule has 0 spiro atoms. The van der Waals surface area contributed by atoms with Crippen molar-refractivity contribution < 1.29 is 21.6 Å². The van der Waals surface area contributed by atoms with Crippen molar-refractivity contribution in [2.75, 3.05) is 0 Å². The number of aryl methyl sites for hydroxylation is 2. The molecule has 2 aromatic rings. The van der Waals surface area contributed by atoms with Crippen LogP contribution in [0.4, 0.5) is 18.9 Å². The molecule has 9 heteroatoms. The SMILES string of the molecule is Cc1ccc(C)c(C(C=C(N)C(F)(F)F)=Nc2ccc(S(N)(=O)=O)cc2)c1. The second kappa shape index (κ2) is 7.53. The van der Waals surface area contributed by atoms with Gasteiger partial charge in [-0.25, -0.2) is 18.5 Å². The van der Waals surface area contributed by atoms with Crippen molar-refractivity contribution >= 4 is 21.4 Å². The van der Waals surface area contributed by atoms with Gasteiger partial charge in [-0.1, -0.05) is 17.7 Å². The molecule has 4 N–H and O–H groups in total. The van der Waals surface area contributed by atoms with E-state index in [1.165, 1.54) is 24.3 Å². The van der Waals surface area contributed by atoms with E-state index in [9.17, 15) is 21.6 Å². The smallest absolute Gasteiger partial charge is 0.395 e. The molecule has 0 aromatic heterocycles. The zero-order valence-electron chi connectivity index (χ0n) is 14.6. The zero-order valence-corrected chi connectivity index (χ0v) is 15.4. The monoisotopic (exact) mass is 397 g/mol. The summed E-state index contributed by atoms with van der Waals surface area (Å²) < 4.78 is 61.3. The first-order valence-electron chi connectivity index (χ1n) is 7.71. The number of sulfonamides is 1. The number of aliphatic imine (C=N–C) groups is 1. The third kappa shape index (κ3) is 5.41. The standard InChI is InChI=1S/C18H18F3N3O2S/c1-11-3-4-12(2)15(9-11)16(10-17(22)18(19,20)21)24-13-5-7-14(8-6-13)27(23,25)26/h3-10H,22H2,1-2H3,(H2,23,25,26). The van der Waals surface area contributed by atoms with Gasteiger partial charge in [-0.2, -0.15) is 13.2 Å². The predicted molar refractivity (Wildman–Crippen MR) is 98.3 cm³/mol. The Kier molecular flexibility index (Phi) is 5.76. The molecule has 0 bridgehead atoms. The molecule has 0 aliphatic heterocycles. The Labute approximate surface area is 155 Å². The minimum atomic E-state index is -4.70. The van der Waals surface area contributed by atoms with Crippen LogP contribution in [0.3, 0.4) is 0 Å². The van der Waals surface area contributed by atoms with Crippen LogP contribution in [-0.4, -0.2) is 20.3 Å². The molecule has 0 saturated carbocycles. The van der Waals surface area contributed by atoms with Crippen LogP contribution in [-0.2, 0) is 10.0 Å². The number of hydrogen-bond acceptors (Lipinski definition) is 4. The van der Waals surface area contributed by atoms with Gasteiger partial charge in [0.25, 0.3) is 0 Å². The maximum absolute atomic E-state index is 12.9. The van der Waals surface area contributed by atoms with Gasteiger partial charge in [-0.05, 0) is 55.8 Å². The summed E-state index contributed by atoms with van der Waals surface area (Å²) in [6.45, 7) is 3.55. The van der Waals surface area contributed by atoms with E-state index in [2.05, 4.69) is 4.99 Å². The fourth-order valence-electron chi connectivity index (χ4n) is 2.26. The number of nitrogens with two attached hydrogens (primary N) is 2. The van der Waals surface area contributed by atoms with Gasteiger partial charge in [0.1, 0.15) is 5.70 Å². The Morgan fingerprint density at radius 2 is 1.67 bits per heavy atom. The minimum absolute atomic E-state index is 0.00869. The van der Waals surface area contributed by atoms with E-state index in [0.717, 1.165) is 11.6 Å². The van der Waals surface area contributed by atoms with Crippen LogP contribution in [0, 0.1) is 13.8 Å². The first-order valence-corrected chi connectivity index (χ1v) is 9.26. The van der Waals surface area contributed by atoms with Gasteiger partial charge < -0.3 is 5.73 Å². The molecular weight excluding hydrogens is 379 g/mol. The Hall–Kier alpha value is -2.65. The van der Waals surface area contributed by atoms with Crippen LogP contribution in [0.2, 0.25) is 0 Å². The lowest BCUT2D eigenvalue weighted by atomic mass is 10.0. The van der Waals surface area contributed by atoms with Crippen LogP contribution in [0.25, 0.3) is 0 Å². The van der Waals surface area contributed by atoms with Crippen molar-refractivity contribution in [3.63, 3.8) is 0 Å². The van der Waals surface area contributed by atoms with Crippen LogP contribution in [0.15, 0.2) is 64.1 Å². The van der Waals surface area contributed by atoms with Crippen LogP contribution < -0.4 is 10.9 Å². The number of alkyl halides is 3. The maximum atomic E-state index is 12.9. The summed E-state index contributed by atoms with van der Waals surface area (Å²) in [4.78, 5) is 4.11. The fourth-order valence-corrected chi connectivity index (χ4v) is 2.78. The Balaban J connectivity index is 2.62. The number of halogens is 3. The van der Waals surface area contributed by atoms with Crippen molar-refractivity contribution in [2.24, 2.45) is 15.9 Å². The van der Waals surface area contributed by atoms with E-state index in [1.807, 2.05) is 6.07 Å². The van der Waals surface area contributed by atoms with Gasteiger partial charge in [-0.3, -0.25) is 0 Å². The van der Waals surface area contributed by atoms with Gasteiger partial charge in [0, 0.05) is 5.56 Å². The molecule has 27 heavy (non-hydrogen) atoms. The summed E-state index contributed by atoms with van der Waals surface area (Å²) in [6.07, 6.45) is -3.94. The molecule has 0 amide bonds. The average molecular weight is 397 g/mol. The van der Waals surface area contributed by atoms with E-state index in [0.29, 0.717) is 11.1 Å². The molecule has 0 aliphatic rings. The summed E-state index contributed by atoms with van der Waals surface area (Å²) in [6, 6.07) is 10.4. The number of primary sulfonamides is 1. The number of rotatable bonds is 4. The second-order valence-electron chi connectivity index (χ2n) is 5.95. The predicted octanol–water partition coefficient (Wildman–Crippen LogP) is 3.48. The summed E-state index contributed by atoms with van der Waals surface area (Å²) in [7, 11) is -3.88. The lowest BCUT2D eigenvalue weighted by molar-refractivity contribution is -0.0925. The molecule has 0 aliphatic carbocycles. The lowest BCUT2D eigenvalue weighted by Gasteiger charge is -2.11. The Bertz CT molecular complexity index is 1010. The van der Waals surface area contributed by atoms with Crippen molar-refractivity contribution in [2.45, 2.75) is 24.9 Å². The van der Waals surface area contributed by atoms with Crippen molar-refractivity contribution in [3.05, 3.63) is 70.9 Å². The highest BCUT2D eigenvalue weighted by Crippen LogP contribution is 2.24. The van der Waals surface area contributed by atoms with Gasteiger partial charge in [-0.15, -0.1) is 0 Å². The largest absolute Gasteiger partial charge is 0.430 e. The van der Waals surface area contributed by atoms with Gasteiger partial charge in [0.15, 0.2) is 0 Å². The van der Waals surface area contributed by atoms with E-state index < -0.39 is 21.9 Å². The third-order valence-electron chi connectivity index (χ3n) is 3.70. The highest BCUT2D eigenvalue weighted by Gasteiger charge is 2.31. The van der Waals surface area contributed by atoms with E-state index >= 15 is 0 Å². The molecule has 2 rings (SSSR count). The normalized spacial score (nSPS) is 13.7. The first-order chi connectivity index (χ1) is 12.4. The molecule has 0 saturated heterocycles.